The van der Waals surface area contributed by atoms with Crippen molar-refractivity contribution >= 4 is 28.4 Å². The molecule has 10 nitrogen and oxygen atoms in total. The number of halogens is 2. The predicted octanol–water partition coefficient (Wildman–Crippen LogP) is 2.25. The molecule has 35 heavy (non-hydrogen) atoms. The molecule has 6 rings (SSSR count). The van der Waals surface area contributed by atoms with Crippen LogP contribution in [0.3, 0.4) is 0 Å². The van der Waals surface area contributed by atoms with Gasteiger partial charge in [0.05, 0.1) is 37.2 Å². The number of aliphatic hydroxyl groups excluding tert-OH is 1. The number of alkyl halides is 2. The maximum atomic E-state index is 13.7. The van der Waals surface area contributed by atoms with Crippen LogP contribution in [0, 0.1) is 0 Å². The van der Waals surface area contributed by atoms with Gasteiger partial charge in [-0.3, -0.25) is 4.79 Å². The van der Waals surface area contributed by atoms with Crippen LogP contribution in [0.5, 0.6) is 0 Å². The highest BCUT2D eigenvalue weighted by atomic mass is 19.3. The number of amides is 1. The minimum absolute atomic E-state index is 0.104. The van der Waals surface area contributed by atoms with E-state index in [1.807, 2.05) is 22.9 Å². The Hall–Kier alpha value is -3.64. The Morgan fingerprint density at radius 1 is 1.31 bits per heavy atom. The van der Waals surface area contributed by atoms with Gasteiger partial charge in [0, 0.05) is 42.9 Å². The summed E-state index contributed by atoms with van der Waals surface area (Å²) in [5.74, 6) is -2.99. The van der Waals surface area contributed by atoms with Crippen LogP contribution >= 0.6 is 0 Å². The molecule has 4 aromatic rings. The molecular formula is C23H23F2N7O3. The van der Waals surface area contributed by atoms with Crippen LogP contribution in [0.4, 0.5) is 14.6 Å². The van der Waals surface area contributed by atoms with Crippen molar-refractivity contribution in [2.45, 2.75) is 37.0 Å². The zero-order valence-corrected chi connectivity index (χ0v) is 18.8. The quantitative estimate of drug-likeness (QED) is 0.398. The van der Waals surface area contributed by atoms with Crippen molar-refractivity contribution < 1.29 is 23.4 Å². The van der Waals surface area contributed by atoms with Crippen molar-refractivity contribution in [3.05, 3.63) is 42.4 Å². The Balaban J connectivity index is 1.47. The van der Waals surface area contributed by atoms with Crippen molar-refractivity contribution in [2.24, 2.45) is 0 Å². The molecule has 1 amide bonds. The van der Waals surface area contributed by atoms with Crippen molar-refractivity contribution in [3.63, 3.8) is 0 Å². The number of aliphatic hydroxyl groups is 1. The Morgan fingerprint density at radius 3 is 2.86 bits per heavy atom. The van der Waals surface area contributed by atoms with Crippen molar-refractivity contribution in [3.8, 4) is 11.3 Å². The van der Waals surface area contributed by atoms with E-state index in [1.165, 1.54) is 10.7 Å². The van der Waals surface area contributed by atoms with Crippen LogP contribution in [-0.4, -0.2) is 73.5 Å². The molecule has 3 atom stereocenters. The molecule has 0 aromatic carbocycles. The standard InChI is InChI=1S/C23H23F2N7O3/c1-26-19-7-15(14-9-31(16-10-35-11-17(16)33)20-12(14)3-2-6-27-20)29-21-13(8-28-32(19)21)22(34)30-18-4-5-23(18,24)25/h2-3,6-9,16-18,26,33H,4-5,10-11H2,1H3,(H,30,34)/t16-,17-,18-/m0/s1. The van der Waals surface area contributed by atoms with Crippen LogP contribution in [0.1, 0.15) is 29.2 Å². The van der Waals surface area contributed by atoms with Gasteiger partial charge in [-0.15, -0.1) is 0 Å². The summed E-state index contributed by atoms with van der Waals surface area (Å²) in [4.78, 5) is 22.1. The van der Waals surface area contributed by atoms with Crippen LogP contribution in [0.2, 0.25) is 0 Å². The van der Waals surface area contributed by atoms with E-state index in [9.17, 15) is 18.7 Å². The number of ether oxygens (including phenoxy) is 1. The highest BCUT2D eigenvalue weighted by molar-refractivity contribution is 6.01. The maximum Gasteiger partial charge on any atom is 0.267 e. The monoisotopic (exact) mass is 483 g/mol. The highest BCUT2D eigenvalue weighted by Crippen LogP contribution is 2.38. The molecule has 1 saturated heterocycles. The van der Waals surface area contributed by atoms with Crippen molar-refractivity contribution in [2.75, 3.05) is 25.6 Å². The minimum atomic E-state index is -2.91. The molecule has 3 N–H and O–H groups in total. The minimum Gasteiger partial charge on any atom is -0.388 e. The molecule has 1 aliphatic carbocycles. The van der Waals surface area contributed by atoms with Crippen molar-refractivity contribution in [1.29, 1.82) is 0 Å². The predicted molar refractivity (Wildman–Crippen MR) is 123 cm³/mol. The summed E-state index contributed by atoms with van der Waals surface area (Å²) in [6, 6.07) is 4.01. The normalized spacial score (nSPS) is 23.5. The zero-order chi connectivity index (χ0) is 24.3. The van der Waals surface area contributed by atoms with E-state index in [0.29, 0.717) is 23.8 Å². The van der Waals surface area contributed by atoms with E-state index < -0.39 is 24.0 Å². The first-order chi connectivity index (χ1) is 16.9. The Morgan fingerprint density at radius 2 is 2.17 bits per heavy atom. The number of anilines is 1. The molecule has 2 aliphatic rings. The van der Waals surface area contributed by atoms with E-state index in [0.717, 1.165) is 10.9 Å². The number of nitrogens with zero attached hydrogens (tertiary/aromatic N) is 5. The first-order valence-electron chi connectivity index (χ1n) is 11.3. The molecule has 2 fully saturated rings. The molecule has 5 heterocycles. The number of carbonyl (C=O) groups excluding carboxylic acids is 1. The van der Waals surface area contributed by atoms with E-state index in [-0.39, 0.29) is 36.7 Å². The first kappa shape index (κ1) is 21.9. The SMILES string of the molecule is CNc1cc(-c2cn([C@H]3COC[C@@H]3O)c3ncccc23)nc2c(C(=O)N[C@H]3CCC3(F)F)cnn12. The lowest BCUT2D eigenvalue weighted by Gasteiger charge is -2.36. The summed E-state index contributed by atoms with van der Waals surface area (Å²) in [5, 5.41) is 20.9. The number of aromatic nitrogens is 5. The van der Waals surface area contributed by atoms with Gasteiger partial charge in [-0.25, -0.2) is 18.7 Å². The van der Waals surface area contributed by atoms with E-state index in [2.05, 4.69) is 20.7 Å². The third-order valence-electron chi connectivity index (χ3n) is 6.80. The fourth-order valence-electron chi connectivity index (χ4n) is 4.70. The van der Waals surface area contributed by atoms with Gasteiger partial charge in [-0.1, -0.05) is 0 Å². The number of nitrogens with one attached hydrogen (secondary N) is 2. The fourth-order valence-corrected chi connectivity index (χ4v) is 4.70. The Kier molecular flexibility index (Phi) is 4.97. The third kappa shape index (κ3) is 3.43. The molecule has 0 unspecified atom stereocenters. The third-order valence-corrected chi connectivity index (χ3v) is 6.80. The Bertz CT molecular complexity index is 1450. The lowest BCUT2D eigenvalue weighted by molar-refractivity contribution is -0.102. The Labute approximate surface area is 197 Å². The van der Waals surface area contributed by atoms with Gasteiger partial charge < -0.3 is 25.0 Å². The second kappa shape index (κ2) is 7.95. The van der Waals surface area contributed by atoms with Crippen LogP contribution in [0.15, 0.2) is 36.8 Å². The maximum absolute atomic E-state index is 13.7. The number of rotatable bonds is 5. The second-order valence-electron chi connectivity index (χ2n) is 8.89. The molecule has 1 saturated carbocycles. The molecule has 4 aromatic heterocycles. The van der Waals surface area contributed by atoms with E-state index in [4.69, 9.17) is 9.72 Å². The number of pyridine rings is 1. The second-order valence-corrected chi connectivity index (χ2v) is 8.89. The lowest BCUT2D eigenvalue weighted by Crippen LogP contribution is -2.55. The highest BCUT2D eigenvalue weighted by Gasteiger charge is 2.49. The van der Waals surface area contributed by atoms with Gasteiger partial charge in [0.1, 0.15) is 23.1 Å². The van der Waals surface area contributed by atoms with Gasteiger partial charge in [0.15, 0.2) is 5.65 Å². The summed E-state index contributed by atoms with van der Waals surface area (Å²) in [6.07, 6.45) is 4.19. The average Bonchev–Trinajstić information content (AvgIpc) is 3.57. The summed E-state index contributed by atoms with van der Waals surface area (Å²) in [6.45, 7) is 0.600. The summed E-state index contributed by atoms with van der Waals surface area (Å²) in [7, 11) is 1.71. The molecule has 0 spiro atoms. The molecule has 1 aliphatic heterocycles. The van der Waals surface area contributed by atoms with Gasteiger partial charge in [0.25, 0.3) is 11.8 Å². The summed E-state index contributed by atoms with van der Waals surface area (Å²) < 4.78 is 36.3. The van der Waals surface area contributed by atoms with Gasteiger partial charge >= 0.3 is 0 Å². The summed E-state index contributed by atoms with van der Waals surface area (Å²) >= 11 is 0. The largest absolute Gasteiger partial charge is 0.388 e. The fraction of sp³-hybridized carbons (Fsp3) is 0.391. The van der Waals surface area contributed by atoms with Crippen LogP contribution < -0.4 is 10.6 Å². The van der Waals surface area contributed by atoms with E-state index in [1.54, 1.807) is 19.3 Å². The molecule has 0 bridgehead atoms. The smallest absolute Gasteiger partial charge is 0.267 e. The number of hydrogen-bond donors (Lipinski definition) is 3. The zero-order valence-electron chi connectivity index (χ0n) is 18.8. The van der Waals surface area contributed by atoms with Gasteiger partial charge in [0.2, 0.25) is 0 Å². The van der Waals surface area contributed by atoms with Crippen LogP contribution in [-0.2, 0) is 4.74 Å². The molecular weight excluding hydrogens is 460 g/mol. The number of fused-ring (bicyclic) bond motifs is 2. The van der Waals surface area contributed by atoms with E-state index >= 15 is 0 Å². The summed E-state index contributed by atoms with van der Waals surface area (Å²) in [5.41, 5.74) is 2.29. The topological polar surface area (TPSA) is 119 Å². The average molecular weight is 483 g/mol. The van der Waals surface area contributed by atoms with Crippen LogP contribution in [0.25, 0.3) is 27.9 Å². The number of carbonyl (C=O) groups is 1. The molecule has 12 heteroatoms. The molecule has 182 valence electrons. The van der Waals surface area contributed by atoms with Gasteiger partial charge in [-0.2, -0.15) is 9.61 Å². The van der Waals surface area contributed by atoms with Crippen molar-refractivity contribution in [1.82, 2.24) is 29.5 Å². The number of hydrogen-bond acceptors (Lipinski definition) is 7. The molecule has 0 radical (unpaired) electrons. The lowest BCUT2D eigenvalue weighted by atomic mass is 9.88. The van der Waals surface area contributed by atoms with Gasteiger partial charge in [-0.05, 0) is 18.6 Å². The first-order valence-corrected chi connectivity index (χ1v) is 11.3.